The van der Waals surface area contributed by atoms with Gasteiger partial charge in [-0.25, -0.2) is 0 Å². The van der Waals surface area contributed by atoms with Crippen LogP contribution in [0.15, 0.2) is 36.4 Å². The van der Waals surface area contributed by atoms with Gasteiger partial charge in [0.15, 0.2) is 6.61 Å². The van der Waals surface area contributed by atoms with E-state index in [9.17, 15) is 9.59 Å². The lowest BCUT2D eigenvalue weighted by atomic mass is 9.86. The molecule has 0 unspecified atom stereocenters. The molecule has 150 valence electrons. The Morgan fingerprint density at radius 3 is 2.32 bits per heavy atom. The largest absolute Gasteiger partial charge is 0.484 e. The van der Waals surface area contributed by atoms with Crippen molar-refractivity contribution in [3.8, 4) is 5.75 Å². The van der Waals surface area contributed by atoms with Crippen LogP contribution in [-0.2, 0) is 4.79 Å². The van der Waals surface area contributed by atoms with Crippen molar-refractivity contribution in [2.24, 2.45) is 5.92 Å². The molecule has 2 amide bonds. The first-order chi connectivity index (χ1) is 13.4. The maximum Gasteiger partial charge on any atom is 0.270 e. The van der Waals surface area contributed by atoms with Gasteiger partial charge in [0, 0.05) is 23.0 Å². The molecule has 0 saturated heterocycles. The number of benzene rings is 1. The molecule has 28 heavy (non-hydrogen) atoms. The third-order valence-corrected chi connectivity index (χ3v) is 5.43. The van der Waals surface area contributed by atoms with Crippen LogP contribution in [0.25, 0.3) is 0 Å². The highest BCUT2D eigenvalue weighted by molar-refractivity contribution is 6.00. The normalized spacial score (nSPS) is 19.1. The molecule has 0 bridgehead atoms. The van der Waals surface area contributed by atoms with Crippen LogP contribution in [0.5, 0.6) is 5.75 Å². The Labute approximate surface area is 166 Å². The minimum atomic E-state index is -0.196. The fourth-order valence-electron chi connectivity index (χ4n) is 3.64. The zero-order valence-electron chi connectivity index (χ0n) is 16.8. The molecule has 1 aliphatic carbocycles. The van der Waals surface area contributed by atoms with Gasteiger partial charge in [-0.3, -0.25) is 19.7 Å². The molecular weight excluding hydrogens is 354 g/mol. The van der Waals surface area contributed by atoms with E-state index in [0.29, 0.717) is 17.2 Å². The molecule has 2 atom stereocenters. The van der Waals surface area contributed by atoms with Crippen LogP contribution in [0.3, 0.4) is 0 Å². The summed E-state index contributed by atoms with van der Waals surface area (Å²) in [5.41, 5.74) is 5.32. The quantitative estimate of drug-likeness (QED) is 0.801. The summed E-state index contributed by atoms with van der Waals surface area (Å²) in [4.78, 5) is 24.6. The number of nitrogens with one attached hydrogen (secondary N) is 2. The fourth-order valence-corrected chi connectivity index (χ4v) is 3.64. The Morgan fingerprint density at radius 1 is 1.04 bits per heavy atom. The molecule has 1 fully saturated rings. The smallest absolute Gasteiger partial charge is 0.270 e. The van der Waals surface area contributed by atoms with E-state index in [1.807, 2.05) is 26.0 Å². The predicted octanol–water partition coefficient (Wildman–Crippen LogP) is 3.56. The number of rotatable bonds is 6. The lowest BCUT2D eigenvalue weighted by Crippen LogP contribution is -2.43. The molecule has 0 spiro atoms. The first-order valence-corrected chi connectivity index (χ1v) is 9.92. The van der Waals surface area contributed by atoms with E-state index in [2.05, 4.69) is 17.7 Å². The molecule has 0 aliphatic heterocycles. The van der Waals surface area contributed by atoms with Crippen LogP contribution in [0.1, 0.15) is 54.4 Å². The summed E-state index contributed by atoms with van der Waals surface area (Å²) in [7, 11) is 0. The summed E-state index contributed by atoms with van der Waals surface area (Å²) in [6.45, 7) is 6.04. The van der Waals surface area contributed by atoms with Gasteiger partial charge in [0.1, 0.15) is 5.75 Å². The minimum absolute atomic E-state index is 0.0173. The fraction of sp³-hybridized carbons (Fsp3) is 0.455. The van der Waals surface area contributed by atoms with Gasteiger partial charge in [-0.05, 0) is 69.0 Å². The highest BCUT2D eigenvalue weighted by Crippen LogP contribution is 2.23. The van der Waals surface area contributed by atoms with Crippen LogP contribution in [0, 0.1) is 19.8 Å². The summed E-state index contributed by atoms with van der Waals surface area (Å²) in [6.07, 6.45) is 4.61. The Balaban J connectivity index is 1.50. The number of carbonyl (C=O) groups is 2. The molecule has 1 aliphatic rings. The van der Waals surface area contributed by atoms with Crippen molar-refractivity contribution >= 4 is 11.8 Å². The monoisotopic (exact) mass is 383 g/mol. The summed E-state index contributed by atoms with van der Waals surface area (Å²) in [5.74, 6) is 0.789. The number of carbonyl (C=O) groups excluding carboxylic acids is 2. The molecule has 6 heteroatoms. The third-order valence-electron chi connectivity index (χ3n) is 5.43. The van der Waals surface area contributed by atoms with Crippen LogP contribution < -0.4 is 15.5 Å². The van der Waals surface area contributed by atoms with Crippen molar-refractivity contribution in [1.29, 1.82) is 0 Å². The van der Waals surface area contributed by atoms with Gasteiger partial charge in [0.25, 0.3) is 11.8 Å². The zero-order chi connectivity index (χ0) is 20.1. The van der Waals surface area contributed by atoms with Crippen molar-refractivity contribution in [1.82, 2.24) is 9.99 Å². The average molecular weight is 383 g/mol. The standard InChI is InChI=1S/C22H29N3O3/c1-15-6-4-5-7-20(15)23-21(26)14-28-19-12-10-18(11-13-19)22(27)24-25-16(2)8-9-17(25)3/h8-13,15,20H,4-7,14H2,1-3H3,(H,23,26)(H,24,27)/t15-,20-/m0/s1. The van der Waals surface area contributed by atoms with E-state index in [1.165, 1.54) is 12.8 Å². The Kier molecular flexibility index (Phi) is 6.39. The third kappa shape index (κ3) is 4.94. The highest BCUT2D eigenvalue weighted by Gasteiger charge is 2.22. The van der Waals surface area contributed by atoms with Gasteiger partial charge < -0.3 is 10.1 Å². The van der Waals surface area contributed by atoms with Crippen molar-refractivity contribution in [3.05, 3.63) is 53.3 Å². The molecule has 3 rings (SSSR count). The van der Waals surface area contributed by atoms with Crippen molar-refractivity contribution in [2.45, 2.75) is 52.5 Å². The second kappa shape index (κ2) is 8.95. The maximum atomic E-state index is 12.4. The van der Waals surface area contributed by atoms with Crippen molar-refractivity contribution in [2.75, 3.05) is 12.0 Å². The van der Waals surface area contributed by atoms with E-state index in [1.54, 1.807) is 28.9 Å². The number of hydrogen-bond donors (Lipinski definition) is 2. The van der Waals surface area contributed by atoms with Gasteiger partial charge in [-0.15, -0.1) is 0 Å². The SMILES string of the molecule is Cc1ccc(C)n1NC(=O)c1ccc(OCC(=O)N[C@H]2CCCC[C@@H]2C)cc1. The van der Waals surface area contributed by atoms with E-state index >= 15 is 0 Å². The van der Waals surface area contributed by atoms with Gasteiger partial charge in [-0.1, -0.05) is 19.8 Å². The summed E-state index contributed by atoms with van der Waals surface area (Å²) >= 11 is 0. The van der Waals surface area contributed by atoms with Gasteiger partial charge in [0.05, 0.1) is 0 Å². The molecule has 1 heterocycles. The van der Waals surface area contributed by atoms with E-state index in [-0.39, 0.29) is 24.5 Å². The number of aryl methyl sites for hydroxylation is 2. The highest BCUT2D eigenvalue weighted by atomic mass is 16.5. The van der Waals surface area contributed by atoms with E-state index in [4.69, 9.17) is 4.74 Å². The lowest BCUT2D eigenvalue weighted by Gasteiger charge is -2.29. The first kappa shape index (κ1) is 20.0. The summed E-state index contributed by atoms with van der Waals surface area (Å²) in [5, 5.41) is 3.07. The van der Waals surface area contributed by atoms with Gasteiger partial charge in [-0.2, -0.15) is 0 Å². The Hall–Kier alpha value is -2.76. The number of aromatic nitrogens is 1. The Morgan fingerprint density at radius 2 is 1.68 bits per heavy atom. The van der Waals surface area contributed by atoms with Gasteiger partial charge in [0.2, 0.25) is 0 Å². The molecule has 6 nitrogen and oxygen atoms in total. The second-order valence-electron chi connectivity index (χ2n) is 7.64. The van der Waals surface area contributed by atoms with Gasteiger partial charge >= 0.3 is 0 Å². The van der Waals surface area contributed by atoms with Crippen LogP contribution in [0.4, 0.5) is 0 Å². The zero-order valence-corrected chi connectivity index (χ0v) is 16.8. The van der Waals surface area contributed by atoms with E-state index in [0.717, 1.165) is 24.2 Å². The minimum Gasteiger partial charge on any atom is -0.484 e. The first-order valence-electron chi connectivity index (χ1n) is 9.92. The summed E-state index contributed by atoms with van der Waals surface area (Å²) in [6, 6.07) is 11.0. The van der Waals surface area contributed by atoms with Crippen molar-refractivity contribution < 1.29 is 14.3 Å². The molecular formula is C22H29N3O3. The Bertz CT molecular complexity index is 807. The average Bonchev–Trinajstić information content (AvgIpc) is 3.00. The van der Waals surface area contributed by atoms with Crippen LogP contribution >= 0.6 is 0 Å². The molecule has 1 aromatic heterocycles. The van der Waals surface area contributed by atoms with Crippen molar-refractivity contribution in [3.63, 3.8) is 0 Å². The second-order valence-corrected chi connectivity index (χ2v) is 7.64. The molecule has 1 aromatic carbocycles. The van der Waals surface area contributed by atoms with E-state index < -0.39 is 0 Å². The predicted molar refractivity (Wildman–Crippen MR) is 109 cm³/mol. The topological polar surface area (TPSA) is 72.4 Å². The molecule has 2 N–H and O–H groups in total. The summed E-state index contributed by atoms with van der Waals surface area (Å²) < 4.78 is 7.33. The lowest BCUT2D eigenvalue weighted by molar-refractivity contribution is -0.124. The number of hydrogen-bond acceptors (Lipinski definition) is 3. The number of amides is 2. The van der Waals surface area contributed by atoms with Crippen LogP contribution in [0.2, 0.25) is 0 Å². The number of nitrogens with zero attached hydrogens (tertiary/aromatic N) is 1. The number of ether oxygens (including phenoxy) is 1. The molecule has 2 aromatic rings. The molecule has 0 radical (unpaired) electrons. The van der Waals surface area contributed by atoms with Crippen LogP contribution in [-0.4, -0.2) is 29.1 Å². The maximum absolute atomic E-state index is 12.4. The molecule has 1 saturated carbocycles.